The number of carbonyl (C=O) groups is 1. The van der Waals surface area contributed by atoms with Crippen molar-refractivity contribution < 1.29 is 32.5 Å². The van der Waals surface area contributed by atoms with Gasteiger partial charge in [-0.15, -0.1) is 12.4 Å². The molecule has 2 aromatic heterocycles. The van der Waals surface area contributed by atoms with Crippen molar-refractivity contribution in [3.63, 3.8) is 0 Å². The van der Waals surface area contributed by atoms with Crippen molar-refractivity contribution >= 4 is 29.3 Å². The molecule has 2 aromatic carbocycles. The molecule has 184 valence electrons. The number of phenols is 1. The second-order valence-electron chi connectivity index (χ2n) is 7.54. The van der Waals surface area contributed by atoms with Crippen LogP contribution in [0.2, 0.25) is 0 Å². The number of aryl methyl sites for hydroxylation is 1. The van der Waals surface area contributed by atoms with Gasteiger partial charge in [-0.05, 0) is 43.3 Å². The number of phenolic OH excluding ortho intramolecular Hbond substituents is 1. The Kier molecular flexibility index (Phi) is 7.60. The first kappa shape index (κ1) is 25.9. The van der Waals surface area contributed by atoms with Crippen LogP contribution in [0.1, 0.15) is 28.5 Å². The minimum Gasteiger partial charge on any atom is -0.507 e. The summed E-state index contributed by atoms with van der Waals surface area (Å²) < 4.78 is 51.7. The number of aromatic hydroxyl groups is 1. The van der Waals surface area contributed by atoms with Gasteiger partial charge in [0.2, 0.25) is 0 Å². The molecule has 0 fully saturated rings. The predicted molar refractivity (Wildman–Crippen MR) is 127 cm³/mol. The van der Waals surface area contributed by atoms with E-state index in [9.17, 15) is 23.1 Å². The topological polar surface area (TPSA) is 73.6 Å². The van der Waals surface area contributed by atoms with Gasteiger partial charge in [-0.2, -0.15) is 13.2 Å². The molecule has 0 amide bonds. The van der Waals surface area contributed by atoms with E-state index in [-0.39, 0.29) is 42.7 Å². The van der Waals surface area contributed by atoms with E-state index in [2.05, 4.69) is 4.98 Å². The number of hydrogen-bond donors (Lipinski definition) is 1. The third-order valence-electron chi connectivity index (χ3n) is 5.43. The summed E-state index contributed by atoms with van der Waals surface area (Å²) in [4.78, 5) is 16.9. The second kappa shape index (κ2) is 10.3. The summed E-state index contributed by atoms with van der Waals surface area (Å²) in [7, 11) is 1.71. The zero-order valence-electron chi connectivity index (χ0n) is 18.8. The number of hydrogen-bond acceptors (Lipinski definition) is 5. The van der Waals surface area contributed by atoms with Crippen LogP contribution in [0, 0.1) is 0 Å². The molecule has 4 aromatic rings. The predicted octanol–water partition coefficient (Wildman–Crippen LogP) is 6.14. The Hall–Kier alpha value is -3.72. The Bertz CT molecular complexity index is 1350. The molecular formula is C25H22ClF3N2O4. The van der Waals surface area contributed by atoms with Crippen molar-refractivity contribution in [3.8, 4) is 22.6 Å². The number of ether oxygens (including phenoxy) is 2. The lowest BCUT2D eigenvalue weighted by Crippen LogP contribution is -2.11. The SMILES string of the molecule is CCOC(=O)c1c(COc2cccc(C(F)(F)F)c2)n(C)c2cc(-c3cccnc3)c(O)cc12.Cl. The largest absolute Gasteiger partial charge is 0.507 e. The lowest BCUT2D eigenvalue weighted by molar-refractivity contribution is -0.137. The number of carbonyl (C=O) groups excluding carboxylic acids is 1. The van der Waals surface area contributed by atoms with E-state index in [1.54, 1.807) is 49.1 Å². The van der Waals surface area contributed by atoms with Crippen molar-refractivity contribution in [2.45, 2.75) is 19.7 Å². The van der Waals surface area contributed by atoms with Gasteiger partial charge in [-0.25, -0.2) is 4.79 Å². The van der Waals surface area contributed by atoms with E-state index in [4.69, 9.17) is 9.47 Å². The molecule has 10 heteroatoms. The van der Waals surface area contributed by atoms with E-state index in [1.807, 2.05) is 0 Å². The van der Waals surface area contributed by atoms with Crippen LogP contribution in [0.5, 0.6) is 11.5 Å². The Morgan fingerprint density at radius 1 is 1.14 bits per heavy atom. The lowest BCUT2D eigenvalue weighted by Gasteiger charge is -2.12. The normalized spacial score (nSPS) is 11.2. The standard InChI is InChI=1S/C25H21F3N2O4.ClH/c1-3-33-24(32)23-19-12-22(31)18(15-6-5-9-29-13-15)11-20(19)30(2)21(23)14-34-17-8-4-7-16(10-17)25(26,27)28;/h4-13,31H,3,14H2,1-2H3;1H. The minimum absolute atomic E-state index is 0. The summed E-state index contributed by atoms with van der Waals surface area (Å²) in [6.45, 7) is 1.60. The molecule has 0 bridgehead atoms. The summed E-state index contributed by atoms with van der Waals surface area (Å²) in [6.07, 6.45) is -1.28. The number of fused-ring (bicyclic) bond motifs is 1. The summed E-state index contributed by atoms with van der Waals surface area (Å²) in [6, 6.07) is 11.2. The molecule has 0 aliphatic rings. The van der Waals surface area contributed by atoms with E-state index in [0.29, 0.717) is 27.7 Å². The minimum atomic E-state index is -4.50. The molecule has 0 unspecified atom stereocenters. The van der Waals surface area contributed by atoms with Crippen LogP contribution in [-0.4, -0.2) is 27.2 Å². The Balaban J connectivity index is 0.00000342. The smallest absolute Gasteiger partial charge is 0.416 e. The molecule has 0 saturated carbocycles. The molecule has 35 heavy (non-hydrogen) atoms. The average molecular weight is 507 g/mol. The summed E-state index contributed by atoms with van der Waals surface area (Å²) in [5.74, 6) is -0.667. The van der Waals surface area contributed by atoms with Gasteiger partial charge in [0.25, 0.3) is 0 Å². The maximum atomic E-state index is 13.1. The van der Waals surface area contributed by atoms with Gasteiger partial charge in [0.1, 0.15) is 18.1 Å². The van der Waals surface area contributed by atoms with E-state index in [1.165, 1.54) is 18.2 Å². The number of aromatic nitrogens is 2. The molecule has 4 rings (SSSR count). The highest BCUT2D eigenvalue weighted by molar-refractivity contribution is 6.07. The molecule has 0 atom stereocenters. The van der Waals surface area contributed by atoms with Gasteiger partial charge >= 0.3 is 12.1 Å². The number of rotatable bonds is 6. The van der Waals surface area contributed by atoms with Gasteiger partial charge in [-0.3, -0.25) is 4.98 Å². The zero-order valence-corrected chi connectivity index (χ0v) is 19.6. The highest BCUT2D eigenvalue weighted by Crippen LogP contribution is 2.37. The zero-order chi connectivity index (χ0) is 24.5. The first-order valence-electron chi connectivity index (χ1n) is 10.4. The fourth-order valence-electron chi connectivity index (χ4n) is 3.79. The van der Waals surface area contributed by atoms with Crippen molar-refractivity contribution in [2.75, 3.05) is 6.61 Å². The highest BCUT2D eigenvalue weighted by atomic mass is 35.5. The highest BCUT2D eigenvalue weighted by Gasteiger charge is 2.31. The van der Waals surface area contributed by atoms with Gasteiger partial charge in [0, 0.05) is 41.5 Å². The number of halogens is 4. The average Bonchev–Trinajstić information content (AvgIpc) is 3.08. The summed E-state index contributed by atoms with van der Waals surface area (Å²) >= 11 is 0. The van der Waals surface area contributed by atoms with Gasteiger partial charge in [-0.1, -0.05) is 12.1 Å². The first-order valence-corrected chi connectivity index (χ1v) is 10.4. The fraction of sp³-hybridized carbons (Fsp3) is 0.200. The van der Waals surface area contributed by atoms with E-state index >= 15 is 0 Å². The second-order valence-corrected chi connectivity index (χ2v) is 7.54. The molecule has 1 N–H and O–H groups in total. The van der Waals surface area contributed by atoms with Crippen LogP contribution < -0.4 is 4.74 Å². The van der Waals surface area contributed by atoms with Crippen LogP contribution in [0.15, 0.2) is 60.9 Å². The molecule has 6 nitrogen and oxygen atoms in total. The Morgan fingerprint density at radius 3 is 2.57 bits per heavy atom. The molecule has 0 aliphatic heterocycles. The number of esters is 1. The van der Waals surface area contributed by atoms with Crippen molar-refractivity contribution in [1.29, 1.82) is 0 Å². The molecular weight excluding hydrogens is 485 g/mol. The number of nitrogens with zero attached hydrogens (tertiary/aromatic N) is 2. The maximum absolute atomic E-state index is 13.1. The van der Waals surface area contributed by atoms with E-state index in [0.717, 1.165) is 12.1 Å². The lowest BCUT2D eigenvalue weighted by atomic mass is 10.0. The molecule has 0 saturated heterocycles. The summed E-state index contributed by atoms with van der Waals surface area (Å²) in [5.41, 5.74) is 1.55. The third-order valence-corrected chi connectivity index (χ3v) is 5.43. The van der Waals surface area contributed by atoms with Crippen molar-refractivity contribution in [2.24, 2.45) is 7.05 Å². The summed E-state index contributed by atoms with van der Waals surface area (Å²) in [5, 5.41) is 11.1. The van der Waals surface area contributed by atoms with Crippen LogP contribution in [0.25, 0.3) is 22.0 Å². The van der Waals surface area contributed by atoms with Crippen LogP contribution in [-0.2, 0) is 24.6 Å². The Morgan fingerprint density at radius 2 is 1.91 bits per heavy atom. The molecule has 0 aliphatic carbocycles. The maximum Gasteiger partial charge on any atom is 0.416 e. The van der Waals surface area contributed by atoms with Gasteiger partial charge in [0.05, 0.1) is 23.4 Å². The molecule has 0 spiro atoms. The molecule has 0 radical (unpaired) electrons. The fourth-order valence-corrected chi connectivity index (χ4v) is 3.79. The van der Waals surface area contributed by atoms with Crippen molar-refractivity contribution in [3.05, 3.63) is 77.7 Å². The third kappa shape index (κ3) is 5.19. The first-order chi connectivity index (χ1) is 16.2. The molecule has 2 heterocycles. The number of alkyl halides is 3. The van der Waals surface area contributed by atoms with Crippen LogP contribution >= 0.6 is 12.4 Å². The number of benzene rings is 2. The van der Waals surface area contributed by atoms with E-state index < -0.39 is 17.7 Å². The quantitative estimate of drug-likeness (QED) is 0.318. The van der Waals surface area contributed by atoms with Crippen LogP contribution in [0.4, 0.5) is 13.2 Å². The Labute approximate surface area is 205 Å². The van der Waals surface area contributed by atoms with Gasteiger partial charge < -0.3 is 19.1 Å². The van der Waals surface area contributed by atoms with Gasteiger partial charge in [0.15, 0.2) is 0 Å². The van der Waals surface area contributed by atoms with Crippen LogP contribution in [0.3, 0.4) is 0 Å². The van der Waals surface area contributed by atoms with Crippen molar-refractivity contribution in [1.82, 2.24) is 9.55 Å². The monoisotopic (exact) mass is 506 g/mol. The number of pyridine rings is 1.